The van der Waals surface area contributed by atoms with Crippen LogP contribution in [0.25, 0.3) is 0 Å². The summed E-state index contributed by atoms with van der Waals surface area (Å²) >= 11 is 0. The van der Waals surface area contributed by atoms with Gasteiger partial charge in [0.25, 0.3) is 0 Å². The van der Waals surface area contributed by atoms with Gasteiger partial charge in [-0.25, -0.2) is 4.57 Å². The lowest BCUT2D eigenvalue weighted by Gasteiger charge is -2.41. The van der Waals surface area contributed by atoms with Gasteiger partial charge >= 0.3 is 19.8 Å². The van der Waals surface area contributed by atoms with Crippen LogP contribution in [0.3, 0.4) is 0 Å². The van der Waals surface area contributed by atoms with Gasteiger partial charge in [0.15, 0.2) is 6.10 Å². The van der Waals surface area contributed by atoms with E-state index in [-0.39, 0.29) is 12.8 Å². The number of ether oxygens (including phenoxy) is 2. The number of carbonyl (C=O) groups excluding carboxylic acids is 2. The first-order chi connectivity index (χ1) is 31.8. The van der Waals surface area contributed by atoms with Crippen LogP contribution >= 0.6 is 7.82 Å². The molecule has 1 aliphatic rings. The van der Waals surface area contributed by atoms with Crippen molar-refractivity contribution in [3.8, 4) is 0 Å². The molecular weight excluding hydrogens is 868 g/mol. The number of carbonyl (C=O) groups is 2. The van der Waals surface area contributed by atoms with Crippen LogP contribution in [0, 0.1) is 0 Å². The minimum absolute atomic E-state index is 0.0127. The van der Waals surface area contributed by atoms with Gasteiger partial charge in [-0.2, -0.15) is 0 Å². The van der Waals surface area contributed by atoms with E-state index in [1.54, 1.807) is 12.2 Å². The Morgan fingerprint density at radius 2 is 1.02 bits per heavy atom. The van der Waals surface area contributed by atoms with Gasteiger partial charge in [0.1, 0.15) is 43.2 Å². The Balaban J connectivity index is 2.58. The van der Waals surface area contributed by atoms with Crippen LogP contribution in [-0.4, -0.2) is 110 Å². The second-order valence-corrected chi connectivity index (χ2v) is 17.5. The van der Waals surface area contributed by atoms with E-state index in [4.69, 9.17) is 18.5 Å². The number of hydrogen-bond donors (Lipinski definition) is 7. The first-order valence-electron chi connectivity index (χ1n) is 23.8. The third-order valence-corrected chi connectivity index (χ3v) is 11.2. The molecule has 3 unspecified atom stereocenters. The Morgan fingerprint density at radius 3 is 1.56 bits per heavy atom. The second kappa shape index (κ2) is 39.5. The van der Waals surface area contributed by atoms with Crippen LogP contribution < -0.4 is 0 Å². The van der Waals surface area contributed by atoms with Crippen molar-refractivity contribution >= 4 is 19.8 Å². The zero-order valence-electron chi connectivity index (χ0n) is 39.3. The molecule has 1 saturated carbocycles. The van der Waals surface area contributed by atoms with E-state index in [1.165, 1.54) is 32.1 Å². The van der Waals surface area contributed by atoms with Crippen molar-refractivity contribution in [2.24, 2.45) is 0 Å². The number of unbranched alkanes of at least 4 members (excludes halogenated alkanes) is 7. The summed E-state index contributed by atoms with van der Waals surface area (Å²) in [5.74, 6) is -1.31. The van der Waals surface area contributed by atoms with E-state index >= 15 is 0 Å². The van der Waals surface area contributed by atoms with Crippen molar-refractivity contribution in [3.63, 3.8) is 0 Å². The summed E-state index contributed by atoms with van der Waals surface area (Å²) in [5.41, 5.74) is 0. The maximum atomic E-state index is 12.8. The molecule has 0 saturated heterocycles. The molecule has 0 amide bonds. The van der Waals surface area contributed by atoms with Gasteiger partial charge in [-0.05, 0) is 83.5 Å². The van der Waals surface area contributed by atoms with Crippen molar-refractivity contribution in [2.75, 3.05) is 13.2 Å². The summed E-state index contributed by atoms with van der Waals surface area (Å²) in [7, 11) is -5.17. The molecule has 374 valence electrons. The second-order valence-electron chi connectivity index (χ2n) is 16.1. The highest BCUT2D eigenvalue weighted by atomic mass is 31.2. The molecule has 0 aliphatic heterocycles. The van der Waals surface area contributed by atoms with Gasteiger partial charge in [-0.3, -0.25) is 18.6 Å². The first kappa shape index (κ1) is 60.5. The molecule has 0 aromatic carbocycles. The summed E-state index contributed by atoms with van der Waals surface area (Å²) < 4.78 is 33.4. The number of esters is 2. The minimum atomic E-state index is -5.17. The largest absolute Gasteiger partial charge is 0.472 e. The van der Waals surface area contributed by atoms with E-state index in [0.29, 0.717) is 38.5 Å². The number of phosphoric acid groups is 1. The van der Waals surface area contributed by atoms with Gasteiger partial charge in [-0.1, -0.05) is 149 Å². The predicted octanol–water partition coefficient (Wildman–Crippen LogP) is 8.58. The zero-order chi connectivity index (χ0) is 48.7. The average molecular weight is 949 g/mol. The summed E-state index contributed by atoms with van der Waals surface area (Å²) in [6.07, 6.45) is 37.5. The third kappa shape index (κ3) is 31.4. The number of aliphatic hydroxyl groups excluding tert-OH is 6. The van der Waals surface area contributed by atoms with Gasteiger partial charge in [0, 0.05) is 12.8 Å². The maximum absolute atomic E-state index is 12.8. The fourth-order valence-corrected chi connectivity index (χ4v) is 7.26. The van der Waals surface area contributed by atoms with Crippen molar-refractivity contribution < 1.29 is 68.2 Å². The Morgan fingerprint density at radius 1 is 0.545 bits per heavy atom. The molecule has 1 fully saturated rings. The number of hydrogen-bond acceptors (Lipinski definition) is 13. The normalized spacial score (nSPS) is 22.7. The number of aliphatic hydroxyl groups is 6. The van der Waals surface area contributed by atoms with Crippen LogP contribution in [0.1, 0.15) is 136 Å². The third-order valence-electron chi connectivity index (χ3n) is 10.2. The molecule has 7 N–H and O–H groups in total. The highest BCUT2D eigenvalue weighted by Gasteiger charge is 2.51. The SMILES string of the molecule is CCCCC/C=C\C/C=C\C/C=C\C/C=C\C/C=C\CCC(=O)OC[C@H](COP(=O)(O)OC1[C@H](O)[C@H](O)C(O)[C@H](O)[C@H]1O)OC(=O)CCC/C=C\C/C=C\C=C\[C@@H](O)C/C=C\CCCCC. The smallest absolute Gasteiger partial charge is 0.462 e. The lowest BCUT2D eigenvalue weighted by molar-refractivity contribution is -0.220. The lowest BCUT2D eigenvalue weighted by Crippen LogP contribution is -2.64. The molecule has 0 bridgehead atoms. The van der Waals surface area contributed by atoms with E-state index in [9.17, 15) is 49.7 Å². The molecular formula is C51H81O14P. The molecule has 15 heteroatoms. The van der Waals surface area contributed by atoms with Gasteiger partial charge < -0.3 is 45.0 Å². The van der Waals surface area contributed by atoms with E-state index in [0.717, 1.165) is 38.5 Å². The Kier molecular flexibility index (Phi) is 36.2. The molecule has 0 aromatic rings. The standard InChI is InChI=1S/C51H81O14P/c1-3-5-7-9-11-12-13-14-15-16-17-18-19-20-21-22-26-30-34-38-44(53)62-40-43(41-63-66(60,61)65-51-49(58)47(56)46(55)48(57)50(51)59)64-45(54)39-35-31-27-24-23-25-29-33-37-42(52)36-32-28-10-8-6-4-2/h11-12,14-15,17-18,20-21,24-30,32-33,37,42-43,46-52,55-59H,3-10,13,16,19,22-23,31,34-36,38-41H2,1-2H3,(H,60,61)/b12-11-,15-14-,18-17-,21-20-,27-24-,29-25-,30-26-,32-28-,37-33+/t42-,43+,46?,47-,48+,49+,50+,51?/m0/s1. The monoisotopic (exact) mass is 949 g/mol. The number of rotatable bonds is 37. The quantitative estimate of drug-likeness (QED) is 0.0102. The molecule has 1 aliphatic carbocycles. The maximum Gasteiger partial charge on any atom is 0.472 e. The van der Waals surface area contributed by atoms with E-state index in [1.807, 2.05) is 48.6 Å². The highest BCUT2D eigenvalue weighted by Crippen LogP contribution is 2.47. The van der Waals surface area contributed by atoms with E-state index < -0.39 is 81.8 Å². The molecule has 9 atom stereocenters. The summed E-state index contributed by atoms with van der Waals surface area (Å²) in [4.78, 5) is 35.7. The minimum Gasteiger partial charge on any atom is -0.462 e. The molecule has 0 aromatic heterocycles. The van der Waals surface area contributed by atoms with Crippen molar-refractivity contribution in [2.45, 2.75) is 185 Å². The van der Waals surface area contributed by atoms with Crippen LogP contribution in [0.5, 0.6) is 0 Å². The Labute approximate surface area is 394 Å². The van der Waals surface area contributed by atoms with Gasteiger partial charge in [-0.15, -0.1) is 0 Å². The molecule has 1 rings (SSSR count). The lowest BCUT2D eigenvalue weighted by atomic mass is 9.85. The molecule has 0 heterocycles. The van der Waals surface area contributed by atoms with Gasteiger partial charge in [0.2, 0.25) is 0 Å². The topological polar surface area (TPSA) is 230 Å². The van der Waals surface area contributed by atoms with Crippen LogP contribution in [-0.2, 0) is 32.7 Å². The van der Waals surface area contributed by atoms with Crippen LogP contribution in [0.2, 0.25) is 0 Å². The van der Waals surface area contributed by atoms with Crippen LogP contribution in [0.15, 0.2) is 109 Å². The highest BCUT2D eigenvalue weighted by molar-refractivity contribution is 7.47. The molecule has 0 spiro atoms. The average Bonchev–Trinajstić information content (AvgIpc) is 3.29. The molecule has 0 radical (unpaired) electrons. The predicted molar refractivity (Wildman–Crippen MR) is 259 cm³/mol. The fraction of sp³-hybridized carbons (Fsp3) is 0.608. The molecule has 66 heavy (non-hydrogen) atoms. The number of phosphoric ester groups is 1. The first-order valence-corrected chi connectivity index (χ1v) is 25.3. The molecule has 14 nitrogen and oxygen atoms in total. The van der Waals surface area contributed by atoms with Crippen molar-refractivity contribution in [1.82, 2.24) is 0 Å². The summed E-state index contributed by atoms with van der Waals surface area (Å²) in [5, 5.41) is 60.2. The van der Waals surface area contributed by atoms with Gasteiger partial charge in [0.05, 0.1) is 12.7 Å². The van der Waals surface area contributed by atoms with E-state index in [2.05, 4.69) is 62.5 Å². The Bertz CT molecular complexity index is 1580. The fourth-order valence-electron chi connectivity index (χ4n) is 6.29. The Hall–Kier alpha value is -3.53. The summed E-state index contributed by atoms with van der Waals surface area (Å²) in [6, 6.07) is 0. The summed E-state index contributed by atoms with van der Waals surface area (Å²) in [6.45, 7) is 3.04. The zero-order valence-corrected chi connectivity index (χ0v) is 40.2. The van der Waals surface area contributed by atoms with Crippen molar-refractivity contribution in [3.05, 3.63) is 109 Å². The van der Waals surface area contributed by atoms with Crippen molar-refractivity contribution in [1.29, 1.82) is 0 Å². The number of allylic oxidation sites excluding steroid dienone is 16. The van der Waals surface area contributed by atoms with Crippen LogP contribution in [0.4, 0.5) is 0 Å².